The number of halogens is 1. The molecular formula is C18H21FN2O4. The van der Waals surface area contributed by atoms with Crippen LogP contribution in [-0.2, 0) is 16.1 Å². The lowest BCUT2D eigenvalue weighted by molar-refractivity contribution is -0.146. The Morgan fingerprint density at radius 3 is 2.96 bits per heavy atom. The standard InChI is InChI=1S/C18H21FN2O4/c1-11-15(10-21-8-4-5-16(21)18(22)24-3)20-17(25-11)13-9-12(23-2)6-7-14(13)19/h6-7,9,16H,4-5,8,10H2,1-3H3/t16-/m0/s1. The molecule has 1 fully saturated rings. The van der Waals surface area contributed by atoms with Gasteiger partial charge in [-0.05, 0) is 44.5 Å². The maximum atomic E-state index is 14.1. The van der Waals surface area contributed by atoms with Crippen molar-refractivity contribution in [2.24, 2.45) is 0 Å². The Balaban J connectivity index is 1.85. The Hall–Kier alpha value is -2.41. The number of benzene rings is 1. The molecule has 7 heteroatoms. The molecule has 3 rings (SSSR count). The number of rotatable bonds is 5. The predicted molar refractivity (Wildman–Crippen MR) is 88.6 cm³/mol. The Morgan fingerprint density at radius 2 is 2.24 bits per heavy atom. The summed E-state index contributed by atoms with van der Waals surface area (Å²) in [5, 5.41) is 0. The minimum Gasteiger partial charge on any atom is -0.497 e. The summed E-state index contributed by atoms with van der Waals surface area (Å²) in [7, 11) is 2.91. The van der Waals surface area contributed by atoms with Crippen LogP contribution in [0.1, 0.15) is 24.3 Å². The van der Waals surface area contributed by atoms with Gasteiger partial charge in [0, 0.05) is 6.54 Å². The summed E-state index contributed by atoms with van der Waals surface area (Å²) in [5.74, 6) is 0.671. The van der Waals surface area contributed by atoms with E-state index in [1.54, 1.807) is 19.1 Å². The van der Waals surface area contributed by atoms with Gasteiger partial charge in [0.1, 0.15) is 23.4 Å². The van der Waals surface area contributed by atoms with Crippen molar-refractivity contribution in [3.63, 3.8) is 0 Å². The molecular weight excluding hydrogens is 327 g/mol. The van der Waals surface area contributed by atoms with Crippen LogP contribution >= 0.6 is 0 Å². The number of likely N-dealkylation sites (tertiary alicyclic amines) is 1. The van der Waals surface area contributed by atoms with Crippen LogP contribution in [0.15, 0.2) is 22.6 Å². The van der Waals surface area contributed by atoms with Gasteiger partial charge in [0.25, 0.3) is 0 Å². The molecule has 0 saturated carbocycles. The first-order chi connectivity index (χ1) is 12.0. The normalized spacial score (nSPS) is 17.7. The Morgan fingerprint density at radius 1 is 1.44 bits per heavy atom. The SMILES string of the molecule is COC(=O)[C@@H]1CCCN1Cc1nc(-c2cc(OC)ccc2F)oc1C. The minimum atomic E-state index is -0.429. The molecule has 1 saturated heterocycles. The van der Waals surface area contributed by atoms with Crippen molar-refractivity contribution in [2.75, 3.05) is 20.8 Å². The largest absolute Gasteiger partial charge is 0.497 e. The van der Waals surface area contributed by atoms with Gasteiger partial charge in [-0.1, -0.05) is 0 Å². The third-order valence-electron chi connectivity index (χ3n) is 4.49. The molecule has 1 aromatic heterocycles. The van der Waals surface area contributed by atoms with Crippen molar-refractivity contribution in [2.45, 2.75) is 32.4 Å². The van der Waals surface area contributed by atoms with Gasteiger partial charge >= 0.3 is 5.97 Å². The maximum Gasteiger partial charge on any atom is 0.323 e. The van der Waals surface area contributed by atoms with Gasteiger partial charge < -0.3 is 13.9 Å². The monoisotopic (exact) mass is 348 g/mol. The number of methoxy groups -OCH3 is 2. The number of aromatic nitrogens is 1. The second-order valence-corrected chi connectivity index (χ2v) is 6.02. The third kappa shape index (κ3) is 3.51. The van der Waals surface area contributed by atoms with Gasteiger partial charge in [0.15, 0.2) is 0 Å². The van der Waals surface area contributed by atoms with Crippen molar-refractivity contribution in [1.82, 2.24) is 9.88 Å². The second-order valence-electron chi connectivity index (χ2n) is 6.02. The quantitative estimate of drug-likeness (QED) is 0.774. The van der Waals surface area contributed by atoms with Gasteiger partial charge in [-0.25, -0.2) is 9.37 Å². The highest BCUT2D eigenvalue weighted by Crippen LogP contribution is 2.29. The Labute approximate surface area is 145 Å². The van der Waals surface area contributed by atoms with Crippen molar-refractivity contribution in [1.29, 1.82) is 0 Å². The molecule has 0 amide bonds. The summed E-state index contributed by atoms with van der Waals surface area (Å²) in [5.41, 5.74) is 0.938. The van der Waals surface area contributed by atoms with E-state index < -0.39 is 5.82 Å². The molecule has 0 aliphatic carbocycles. The number of hydrogen-bond acceptors (Lipinski definition) is 6. The first-order valence-corrected chi connectivity index (χ1v) is 8.15. The van der Waals surface area contributed by atoms with Crippen LogP contribution in [0.2, 0.25) is 0 Å². The molecule has 0 unspecified atom stereocenters. The molecule has 2 aromatic rings. The Kier molecular flexibility index (Phi) is 5.03. The number of nitrogens with zero attached hydrogens (tertiary/aromatic N) is 2. The summed E-state index contributed by atoms with van der Waals surface area (Å²) in [4.78, 5) is 18.3. The van der Waals surface area contributed by atoms with Gasteiger partial charge in [0.05, 0.1) is 25.5 Å². The highest BCUT2D eigenvalue weighted by atomic mass is 19.1. The number of aryl methyl sites for hydroxylation is 1. The van der Waals surface area contributed by atoms with E-state index in [1.807, 2.05) is 4.90 Å². The molecule has 6 nitrogen and oxygen atoms in total. The average Bonchev–Trinajstić information content (AvgIpc) is 3.22. The zero-order valence-electron chi connectivity index (χ0n) is 14.5. The van der Waals surface area contributed by atoms with Crippen molar-refractivity contribution in [3.8, 4) is 17.2 Å². The molecule has 0 spiro atoms. The number of esters is 1. The molecule has 0 radical (unpaired) electrons. The van der Waals surface area contributed by atoms with E-state index in [-0.39, 0.29) is 23.5 Å². The average molecular weight is 348 g/mol. The van der Waals surface area contributed by atoms with E-state index in [1.165, 1.54) is 20.3 Å². The fourth-order valence-corrected chi connectivity index (χ4v) is 3.10. The highest BCUT2D eigenvalue weighted by molar-refractivity contribution is 5.76. The number of ether oxygens (including phenoxy) is 2. The van der Waals surface area contributed by atoms with Gasteiger partial charge in [-0.2, -0.15) is 0 Å². The summed E-state index contributed by atoms with van der Waals surface area (Å²) >= 11 is 0. The first-order valence-electron chi connectivity index (χ1n) is 8.15. The smallest absolute Gasteiger partial charge is 0.323 e. The topological polar surface area (TPSA) is 64.8 Å². The molecule has 1 atom stereocenters. The zero-order chi connectivity index (χ0) is 18.0. The number of oxazole rings is 1. The molecule has 0 bridgehead atoms. The van der Waals surface area contributed by atoms with E-state index in [9.17, 15) is 9.18 Å². The summed E-state index contributed by atoms with van der Waals surface area (Å²) < 4.78 is 29.8. The minimum absolute atomic E-state index is 0.206. The van der Waals surface area contributed by atoms with Crippen LogP contribution in [0.4, 0.5) is 4.39 Å². The van der Waals surface area contributed by atoms with Crippen LogP contribution < -0.4 is 4.74 Å². The lowest BCUT2D eigenvalue weighted by Gasteiger charge is -2.21. The summed E-state index contributed by atoms with van der Waals surface area (Å²) in [6.07, 6.45) is 1.69. The van der Waals surface area contributed by atoms with E-state index >= 15 is 0 Å². The lowest BCUT2D eigenvalue weighted by Crippen LogP contribution is -2.36. The van der Waals surface area contributed by atoms with Gasteiger partial charge in [-0.3, -0.25) is 9.69 Å². The van der Waals surface area contributed by atoms with E-state index in [2.05, 4.69) is 4.98 Å². The first kappa shape index (κ1) is 17.4. The van der Waals surface area contributed by atoms with Crippen LogP contribution in [0.5, 0.6) is 5.75 Å². The molecule has 134 valence electrons. The van der Waals surface area contributed by atoms with Crippen molar-refractivity contribution in [3.05, 3.63) is 35.5 Å². The van der Waals surface area contributed by atoms with Crippen LogP contribution in [0.25, 0.3) is 11.5 Å². The van der Waals surface area contributed by atoms with E-state index in [4.69, 9.17) is 13.9 Å². The molecule has 0 N–H and O–H groups in total. The fourth-order valence-electron chi connectivity index (χ4n) is 3.10. The molecule has 1 aliphatic heterocycles. The summed E-state index contributed by atoms with van der Waals surface area (Å²) in [6.45, 7) is 3.03. The fraction of sp³-hybridized carbons (Fsp3) is 0.444. The molecule has 1 aromatic carbocycles. The molecule has 25 heavy (non-hydrogen) atoms. The second kappa shape index (κ2) is 7.23. The number of carbonyl (C=O) groups excluding carboxylic acids is 1. The zero-order valence-corrected chi connectivity index (χ0v) is 14.5. The van der Waals surface area contributed by atoms with Crippen LogP contribution in [0, 0.1) is 12.7 Å². The van der Waals surface area contributed by atoms with Crippen LogP contribution in [-0.4, -0.2) is 42.7 Å². The highest BCUT2D eigenvalue weighted by Gasteiger charge is 2.32. The van der Waals surface area contributed by atoms with E-state index in [0.717, 1.165) is 19.4 Å². The number of carbonyl (C=O) groups is 1. The third-order valence-corrected chi connectivity index (χ3v) is 4.49. The predicted octanol–water partition coefficient (Wildman–Crippen LogP) is 2.94. The summed E-state index contributed by atoms with van der Waals surface area (Å²) in [6, 6.07) is 4.15. The molecule has 2 heterocycles. The lowest BCUT2D eigenvalue weighted by atomic mass is 10.2. The van der Waals surface area contributed by atoms with Gasteiger partial charge in [0.2, 0.25) is 5.89 Å². The van der Waals surface area contributed by atoms with Crippen molar-refractivity contribution >= 4 is 5.97 Å². The van der Waals surface area contributed by atoms with Crippen LogP contribution in [0.3, 0.4) is 0 Å². The Bertz CT molecular complexity index is 774. The van der Waals surface area contributed by atoms with E-state index in [0.29, 0.717) is 23.7 Å². The van der Waals surface area contributed by atoms with Crippen molar-refractivity contribution < 1.29 is 23.1 Å². The molecule has 1 aliphatic rings. The number of hydrogen-bond donors (Lipinski definition) is 0. The maximum absolute atomic E-state index is 14.1. The van der Waals surface area contributed by atoms with Gasteiger partial charge in [-0.15, -0.1) is 0 Å².